The van der Waals surface area contributed by atoms with Crippen LogP contribution >= 0.6 is 0 Å². The van der Waals surface area contributed by atoms with Crippen LogP contribution in [0.25, 0.3) is 0 Å². The molecule has 1 rings (SSSR count). The molecule has 0 spiro atoms. The SMILES string of the molecule is CC(C)CC(NC(=O)C1CCCN1)C(=O)NC(CC(N)=O)C(=O)NC(C(=O)O)C(C)C. The summed E-state index contributed by atoms with van der Waals surface area (Å²) in [6.07, 6.45) is 1.34. The third kappa shape index (κ3) is 8.91. The smallest absolute Gasteiger partial charge is 0.326 e. The molecule has 1 fully saturated rings. The van der Waals surface area contributed by atoms with E-state index < -0.39 is 54.2 Å². The summed E-state index contributed by atoms with van der Waals surface area (Å²) >= 11 is 0. The second-order valence-electron chi connectivity index (χ2n) is 8.64. The highest BCUT2D eigenvalue weighted by atomic mass is 16.4. The quantitative estimate of drug-likeness (QED) is 0.221. The van der Waals surface area contributed by atoms with Gasteiger partial charge in [0.1, 0.15) is 18.1 Å². The van der Waals surface area contributed by atoms with Crippen molar-refractivity contribution < 1.29 is 29.1 Å². The summed E-state index contributed by atoms with van der Waals surface area (Å²) in [7, 11) is 0. The minimum atomic E-state index is -1.36. The van der Waals surface area contributed by atoms with Crippen LogP contribution in [0.1, 0.15) is 53.4 Å². The number of amides is 4. The third-order valence-corrected chi connectivity index (χ3v) is 4.99. The molecule has 4 amide bonds. The molecular weight excluding hydrogens is 406 g/mol. The molecule has 11 nitrogen and oxygen atoms in total. The van der Waals surface area contributed by atoms with E-state index in [1.807, 2.05) is 13.8 Å². The lowest BCUT2D eigenvalue weighted by Gasteiger charge is -2.26. The Balaban J connectivity index is 2.93. The minimum Gasteiger partial charge on any atom is -0.480 e. The molecule has 1 aliphatic rings. The summed E-state index contributed by atoms with van der Waals surface area (Å²) < 4.78 is 0. The van der Waals surface area contributed by atoms with E-state index in [1.54, 1.807) is 13.8 Å². The molecular formula is C20H35N5O6. The Bertz CT molecular complexity index is 675. The fourth-order valence-electron chi connectivity index (χ4n) is 3.33. The molecule has 1 aliphatic heterocycles. The Morgan fingerprint density at radius 3 is 2.06 bits per heavy atom. The van der Waals surface area contributed by atoms with Gasteiger partial charge in [-0.05, 0) is 37.6 Å². The molecule has 0 aliphatic carbocycles. The molecule has 7 N–H and O–H groups in total. The first-order valence-corrected chi connectivity index (χ1v) is 10.6. The van der Waals surface area contributed by atoms with E-state index in [1.165, 1.54) is 0 Å². The standard InChI is InChI=1S/C20H35N5O6/c1-10(2)8-13(23-17(27)12-6-5-7-22-12)18(28)24-14(9-15(21)26)19(29)25-16(11(3)4)20(30)31/h10-14,16,22H,5-9H2,1-4H3,(H2,21,26)(H,23,27)(H,24,28)(H,25,29)(H,30,31). The van der Waals surface area contributed by atoms with Crippen molar-refractivity contribution in [2.75, 3.05) is 6.54 Å². The average molecular weight is 442 g/mol. The predicted molar refractivity (Wildman–Crippen MR) is 113 cm³/mol. The zero-order valence-corrected chi connectivity index (χ0v) is 18.6. The lowest BCUT2D eigenvalue weighted by Crippen LogP contribution is -2.58. The Kier molecular flexibility index (Phi) is 10.4. The van der Waals surface area contributed by atoms with Crippen molar-refractivity contribution in [3.63, 3.8) is 0 Å². The van der Waals surface area contributed by atoms with Crippen LogP contribution in [0.15, 0.2) is 0 Å². The molecule has 1 heterocycles. The van der Waals surface area contributed by atoms with Gasteiger partial charge in [-0.3, -0.25) is 19.2 Å². The Hall–Kier alpha value is -2.69. The van der Waals surface area contributed by atoms with E-state index in [0.29, 0.717) is 12.8 Å². The minimum absolute atomic E-state index is 0.0633. The second kappa shape index (κ2) is 12.2. The average Bonchev–Trinajstić information content (AvgIpc) is 3.18. The van der Waals surface area contributed by atoms with Crippen molar-refractivity contribution in [2.45, 2.75) is 77.5 Å². The van der Waals surface area contributed by atoms with Crippen molar-refractivity contribution in [3.05, 3.63) is 0 Å². The molecule has 0 aromatic rings. The maximum Gasteiger partial charge on any atom is 0.326 e. The van der Waals surface area contributed by atoms with Gasteiger partial charge in [0.15, 0.2) is 0 Å². The number of hydrogen-bond donors (Lipinski definition) is 6. The Morgan fingerprint density at radius 1 is 1.00 bits per heavy atom. The van der Waals surface area contributed by atoms with E-state index in [2.05, 4.69) is 21.3 Å². The highest BCUT2D eigenvalue weighted by Crippen LogP contribution is 2.10. The molecule has 11 heteroatoms. The normalized spacial score (nSPS) is 18.8. The lowest BCUT2D eigenvalue weighted by molar-refractivity contribution is -0.143. The van der Waals surface area contributed by atoms with Crippen molar-refractivity contribution in [1.82, 2.24) is 21.3 Å². The molecule has 0 saturated carbocycles. The molecule has 4 atom stereocenters. The zero-order valence-electron chi connectivity index (χ0n) is 18.6. The maximum absolute atomic E-state index is 12.9. The number of nitrogens with two attached hydrogens (primary N) is 1. The number of rotatable bonds is 12. The van der Waals surface area contributed by atoms with Crippen LogP contribution in [-0.2, 0) is 24.0 Å². The van der Waals surface area contributed by atoms with E-state index in [4.69, 9.17) is 5.73 Å². The molecule has 4 unspecified atom stereocenters. The number of hydrogen-bond acceptors (Lipinski definition) is 6. The molecule has 0 radical (unpaired) electrons. The summed E-state index contributed by atoms with van der Waals surface area (Å²) in [5.41, 5.74) is 5.21. The van der Waals surface area contributed by atoms with Gasteiger partial charge in [0, 0.05) is 0 Å². The van der Waals surface area contributed by atoms with E-state index in [9.17, 15) is 29.1 Å². The first-order valence-electron chi connectivity index (χ1n) is 10.6. The Morgan fingerprint density at radius 2 is 1.61 bits per heavy atom. The summed E-state index contributed by atoms with van der Waals surface area (Å²) in [6, 6.07) is -3.85. The number of nitrogens with one attached hydrogen (secondary N) is 4. The van der Waals surface area contributed by atoms with E-state index in [-0.39, 0.29) is 17.9 Å². The first-order chi connectivity index (χ1) is 14.4. The van der Waals surface area contributed by atoms with Gasteiger partial charge in [0.2, 0.25) is 23.6 Å². The first kappa shape index (κ1) is 26.3. The van der Waals surface area contributed by atoms with Crippen molar-refractivity contribution in [2.24, 2.45) is 17.6 Å². The van der Waals surface area contributed by atoms with Crippen LogP contribution in [0.3, 0.4) is 0 Å². The van der Waals surface area contributed by atoms with Crippen molar-refractivity contribution in [3.8, 4) is 0 Å². The van der Waals surface area contributed by atoms with Crippen molar-refractivity contribution >= 4 is 29.6 Å². The van der Waals surface area contributed by atoms with Gasteiger partial charge in [0.25, 0.3) is 0 Å². The molecule has 31 heavy (non-hydrogen) atoms. The molecule has 1 saturated heterocycles. The van der Waals surface area contributed by atoms with Gasteiger partial charge in [0.05, 0.1) is 12.5 Å². The lowest BCUT2D eigenvalue weighted by atomic mass is 10.0. The van der Waals surface area contributed by atoms with Gasteiger partial charge in [-0.1, -0.05) is 27.7 Å². The number of carbonyl (C=O) groups is 5. The van der Waals surface area contributed by atoms with Crippen LogP contribution < -0.4 is 27.0 Å². The topological polar surface area (TPSA) is 180 Å². The van der Waals surface area contributed by atoms with Crippen LogP contribution in [0, 0.1) is 11.8 Å². The largest absolute Gasteiger partial charge is 0.480 e. The number of carboxylic acids is 1. The van der Waals surface area contributed by atoms with Gasteiger partial charge in [-0.25, -0.2) is 4.79 Å². The van der Waals surface area contributed by atoms with Crippen LogP contribution in [0.5, 0.6) is 0 Å². The summed E-state index contributed by atoms with van der Waals surface area (Å²) in [6.45, 7) is 7.72. The van der Waals surface area contributed by atoms with Gasteiger partial charge < -0.3 is 32.1 Å². The summed E-state index contributed by atoms with van der Waals surface area (Å²) in [5, 5.41) is 19.8. The number of aliphatic carboxylic acids is 1. The highest BCUT2D eigenvalue weighted by molar-refractivity contribution is 5.96. The van der Waals surface area contributed by atoms with Gasteiger partial charge in [-0.2, -0.15) is 0 Å². The van der Waals surface area contributed by atoms with Gasteiger partial charge in [-0.15, -0.1) is 0 Å². The van der Waals surface area contributed by atoms with E-state index in [0.717, 1.165) is 13.0 Å². The molecule has 0 aromatic carbocycles. The number of primary amides is 1. The molecule has 0 aromatic heterocycles. The van der Waals surface area contributed by atoms with Crippen LogP contribution in [0.4, 0.5) is 0 Å². The van der Waals surface area contributed by atoms with Gasteiger partial charge >= 0.3 is 5.97 Å². The Labute approximate surface area is 182 Å². The molecule has 176 valence electrons. The van der Waals surface area contributed by atoms with Crippen molar-refractivity contribution in [1.29, 1.82) is 0 Å². The van der Waals surface area contributed by atoms with E-state index >= 15 is 0 Å². The zero-order chi connectivity index (χ0) is 23.7. The van der Waals surface area contributed by atoms with Crippen LogP contribution in [-0.4, -0.2) is 65.4 Å². The van der Waals surface area contributed by atoms with Crippen LogP contribution in [0.2, 0.25) is 0 Å². The number of carboxylic acid groups (broad SMARTS) is 1. The molecule has 0 bridgehead atoms. The summed E-state index contributed by atoms with van der Waals surface area (Å²) in [4.78, 5) is 60.8. The second-order valence-corrected chi connectivity index (χ2v) is 8.64. The fourth-order valence-corrected chi connectivity index (χ4v) is 3.33. The predicted octanol–water partition coefficient (Wildman–Crippen LogP) is -1.15. The monoisotopic (exact) mass is 441 g/mol. The summed E-state index contributed by atoms with van der Waals surface area (Å²) in [5.74, 6) is -4.21. The highest BCUT2D eigenvalue weighted by Gasteiger charge is 2.33. The fraction of sp³-hybridized carbons (Fsp3) is 0.750. The maximum atomic E-state index is 12.9. The number of carbonyl (C=O) groups excluding carboxylic acids is 4. The third-order valence-electron chi connectivity index (χ3n) is 4.99.